The Kier molecular flexibility index (Phi) is 6.84. The minimum absolute atomic E-state index is 0.0614. The molecule has 0 saturated carbocycles. The maximum absolute atomic E-state index is 8.84. The SMILES string of the molecule is COCCO[C@H](O)CCO. The van der Waals surface area contributed by atoms with Crippen LogP contribution in [-0.4, -0.2) is 43.4 Å². The lowest BCUT2D eigenvalue weighted by Crippen LogP contribution is -2.16. The molecule has 0 bridgehead atoms. The number of aliphatic hydroxyl groups excluding tert-OH is 2. The summed E-state index contributed by atoms with van der Waals surface area (Å²) >= 11 is 0. The summed E-state index contributed by atoms with van der Waals surface area (Å²) in [6.45, 7) is 0.758. The van der Waals surface area contributed by atoms with Crippen LogP contribution >= 0.6 is 0 Å². The van der Waals surface area contributed by atoms with E-state index in [4.69, 9.17) is 14.9 Å². The van der Waals surface area contributed by atoms with Gasteiger partial charge in [-0.3, -0.25) is 0 Å². The van der Waals surface area contributed by atoms with E-state index in [0.29, 0.717) is 13.2 Å². The summed E-state index contributed by atoms with van der Waals surface area (Å²) in [7, 11) is 1.56. The maximum Gasteiger partial charge on any atom is 0.156 e. The summed E-state index contributed by atoms with van der Waals surface area (Å²) in [6, 6.07) is 0. The largest absolute Gasteiger partial charge is 0.396 e. The van der Waals surface area contributed by atoms with Crippen molar-refractivity contribution < 1.29 is 19.7 Å². The number of methoxy groups -OCH3 is 1. The van der Waals surface area contributed by atoms with E-state index in [1.807, 2.05) is 0 Å². The lowest BCUT2D eigenvalue weighted by atomic mass is 10.4. The highest BCUT2D eigenvalue weighted by Gasteiger charge is 2.00. The van der Waals surface area contributed by atoms with Crippen LogP contribution in [0, 0.1) is 0 Å². The van der Waals surface area contributed by atoms with Crippen molar-refractivity contribution in [2.45, 2.75) is 12.7 Å². The van der Waals surface area contributed by atoms with E-state index in [0.717, 1.165) is 0 Å². The van der Waals surface area contributed by atoms with Crippen LogP contribution in [0.2, 0.25) is 0 Å². The number of ether oxygens (including phenoxy) is 2. The van der Waals surface area contributed by atoms with Gasteiger partial charge >= 0.3 is 0 Å². The van der Waals surface area contributed by atoms with Gasteiger partial charge in [0, 0.05) is 20.1 Å². The Hall–Kier alpha value is -0.160. The lowest BCUT2D eigenvalue weighted by molar-refractivity contribution is -0.118. The first-order valence-electron chi connectivity index (χ1n) is 3.20. The van der Waals surface area contributed by atoms with E-state index in [2.05, 4.69) is 4.74 Å². The van der Waals surface area contributed by atoms with Crippen LogP contribution in [0.3, 0.4) is 0 Å². The highest BCUT2D eigenvalue weighted by atomic mass is 16.6. The Bertz CT molecular complexity index is 66.8. The fourth-order valence-corrected chi connectivity index (χ4v) is 0.461. The quantitative estimate of drug-likeness (QED) is 0.390. The molecule has 2 N–H and O–H groups in total. The van der Waals surface area contributed by atoms with Crippen molar-refractivity contribution in [2.24, 2.45) is 0 Å². The van der Waals surface area contributed by atoms with E-state index in [1.54, 1.807) is 7.11 Å². The first-order chi connectivity index (χ1) is 4.81. The zero-order valence-corrected chi connectivity index (χ0v) is 6.12. The van der Waals surface area contributed by atoms with Crippen LogP contribution in [0.1, 0.15) is 6.42 Å². The van der Waals surface area contributed by atoms with Gasteiger partial charge in [-0.15, -0.1) is 0 Å². The monoisotopic (exact) mass is 150 g/mol. The zero-order chi connectivity index (χ0) is 7.82. The zero-order valence-electron chi connectivity index (χ0n) is 6.12. The van der Waals surface area contributed by atoms with Crippen LogP contribution in [0.5, 0.6) is 0 Å². The third-order valence-electron chi connectivity index (χ3n) is 0.974. The Morgan fingerprint density at radius 3 is 2.60 bits per heavy atom. The molecule has 0 aromatic carbocycles. The smallest absolute Gasteiger partial charge is 0.156 e. The molecule has 0 aromatic rings. The van der Waals surface area contributed by atoms with Gasteiger partial charge in [-0.25, -0.2) is 0 Å². The second-order valence-corrected chi connectivity index (χ2v) is 1.83. The van der Waals surface area contributed by atoms with Crippen LogP contribution < -0.4 is 0 Å². The summed E-state index contributed by atoms with van der Waals surface area (Å²) in [5.74, 6) is 0. The first-order valence-corrected chi connectivity index (χ1v) is 3.20. The summed E-state index contributed by atoms with van der Waals surface area (Å²) in [5, 5.41) is 17.2. The molecule has 0 unspecified atom stereocenters. The molecule has 0 aromatic heterocycles. The molecule has 62 valence electrons. The standard InChI is InChI=1S/C6H14O4/c1-9-4-5-10-6(8)2-3-7/h6-8H,2-5H2,1H3/t6-/m0/s1. The Morgan fingerprint density at radius 1 is 1.40 bits per heavy atom. The Morgan fingerprint density at radius 2 is 2.10 bits per heavy atom. The molecule has 4 heteroatoms. The average molecular weight is 150 g/mol. The molecule has 0 radical (unpaired) electrons. The third-order valence-corrected chi connectivity index (χ3v) is 0.974. The van der Waals surface area contributed by atoms with Crippen molar-refractivity contribution in [2.75, 3.05) is 26.9 Å². The number of aliphatic hydroxyl groups is 2. The Balaban J connectivity index is 2.97. The van der Waals surface area contributed by atoms with Gasteiger partial charge in [0.15, 0.2) is 6.29 Å². The number of rotatable bonds is 6. The molecule has 0 amide bonds. The summed E-state index contributed by atoms with van der Waals surface area (Å²) < 4.78 is 9.47. The lowest BCUT2D eigenvalue weighted by Gasteiger charge is -2.08. The summed E-state index contributed by atoms with van der Waals surface area (Å²) in [6.07, 6.45) is -0.607. The first kappa shape index (κ1) is 9.84. The van der Waals surface area contributed by atoms with Crippen molar-refractivity contribution in [1.29, 1.82) is 0 Å². The van der Waals surface area contributed by atoms with Gasteiger partial charge < -0.3 is 19.7 Å². The van der Waals surface area contributed by atoms with Crippen LogP contribution in [0.15, 0.2) is 0 Å². The molecule has 1 atom stereocenters. The van der Waals surface area contributed by atoms with Crippen molar-refractivity contribution in [1.82, 2.24) is 0 Å². The van der Waals surface area contributed by atoms with Crippen molar-refractivity contribution in [3.8, 4) is 0 Å². The third kappa shape index (κ3) is 5.97. The topological polar surface area (TPSA) is 58.9 Å². The van der Waals surface area contributed by atoms with Crippen LogP contribution in [-0.2, 0) is 9.47 Å². The van der Waals surface area contributed by atoms with Gasteiger partial charge in [0.25, 0.3) is 0 Å². The van der Waals surface area contributed by atoms with E-state index in [-0.39, 0.29) is 13.0 Å². The fourth-order valence-electron chi connectivity index (χ4n) is 0.461. The second-order valence-electron chi connectivity index (χ2n) is 1.83. The van der Waals surface area contributed by atoms with E-state index in [9.17, 15) is 0 Å². The molecule has 10 heavy (non-hydrogen) atoms. The van der Waals surface area contributed by atoms with E-state index >= 15 is 0 Å². The molecule has 0 fully saturated rings. The highest BCUT2D eigenvalue weighted by Crippen LogP contribution is 1.91. The normalized spacial score (nSPS) is 13.5. The fraction of sp³-hybridized carbons (Fsp3) is 1.00. The second kappa shape index (κ2) is 6.95. The molecular formula is C6H14O4. The van der Waals surface area contributed by atoms with Gasteiger partial charge in [0.05, 0.1) is 13.2 Å². The van der Waals surface area contributed by atoms with Crippen molar-refractivity contribution in [3.05, 3.63) is 0 Å². The predicted molar refractivity (Wildman–Crippen MR) is 35.5 cm³/mol. The van der Waals surface area contributed by atoms with E-state index < -0.39 is 6.29 Å². The highest BCUT2D eigenvalue weighted by molar-refractivity contribution is 4.38. The Labute approximate surface area is 60.4 Å². The number of hydrogen-bond acceptors (Lipinski definition) is 4. The predicted octanol–water partition coefficient (Wildman–Crippen LogP) is -0.650. The maximum atomic E-state index is 8.84. The van der Waals surface area contributed by atoms with Gasteiger partial charge in [0.1, 0.15) is 0 Å². The summed E-state index contributed by atoms with van der Waals surface area (Å²) in [5.41, 5.74) is 0. The van der Waals surface area contributed by atoms with Crippen molar-refractivity contribution in [3.63, 3.8) is 0 Å². The molecule has 0 aliphatic carbocycles. The van der Waals surface area contributed by atoms with Crippen LogP contribution in [0.4, 0.5) is 0 Å². The van der Waals surface area contributed by atoms with Crippen LogP contribution in [0.25, 0.3) is 0 Å². The molecule has 4 nitrogen and oxygen atoms in total. The molecule has 0 aliphatic heterocycles. The minimum Gasteiger partial charge on any atom is -0.396 e. The average Bonchev–Trinajstić information content (AvgIpc) is 1.89. The van der Waals surface area contributed by atoms with Gasteiger partial charge in [0.2, 0.25) is 0 Å². The molecular weight excluding hydrogens is 136 g/mol. The van der Waals surface area contributed by atoms with Crippen molar-refractivity contribution >= 4 is 0 Å². The molecule has 0 spiro atoms. The van der Waals surface area contributed by atoms with E-state index in [1.165, 1.54) is 0 Å². The minimum atomic E-state index is -0.861. The molecule has 0 rings (SSSR count). The molecule has 0 heterocycles. The molecule has 0 saturated heterocycles. The van der Waals surface area contributed by atoms with Gasteiger partial charge in [-0.2, -0.15) is 0 Å². The van der Waals surface area contributed by atoms with Gasteiger partial charge in [-0.1, -0.05) is 0 Å². The van der Waals surface area contributed by atoms with Gasteiger partial charge in [-0.05, 0) is 0 Å². The molecule has 0 aliphatic rings. The number of hydrogen-bond donors (Lipinski definition) is 2. The summed E-state index contributed by atoms with van der Waals surface area (Å²) in [4.78, 5) is 0.